The monoisotopic (exact) mass is 138 g/mol. The van der Waals surface area contributed by atoms with Gasteiger partial charge in [-0.25, -0.2) is 8.78 Å². The van der Waals surface area contributed by atoms with Crippen molar-refractivity contribution in [3.63, 3.8) is 0 Å². The van der Waals surface area contributed by atoms with Crippen LogP contribution in [0.4, 0.5) is 8.78 Å². The Balaban J connectivity index is 3.16. The summed E-state index contributed by atoms with van der Waals surface area (Å²) in [4.78, 5) is 0. The number of alkyl halides is 2. The first kappa shape index (κ1) is 8.78. The van der Waals surface area contributed by atoms with Gasteiger partial charge in [-0.3, -0.25) is 0 Å². The lowest BCUT2D eigenvalue weighted by molar-refractivity contribution is 0.112. The minimum Gasteiger partial charge on any atom is -0.323 e. The van der Waals surface area contributed by atoms with E-state index in [2.05, 4.69) is 5.32 Å². The van der Waals surface area contributed by atoms with Gasteiger partial charge in [0.25, 0.3) is 6.43 Å². The molecule has 0 aromatic rings. The zero-order valence-corrected chi connectivity index (χ0v) is 5.40. The van der Waals surface area contributed by atoms with Gasteiger partial charge in [-0.05, 0) is 20.0 Å². The summed E-state index contributed by atoms with van der Waals surface area (Å²) in [5.41, 5.74) is 5.01. The number of nitrogens with two attached hydrogens (primary N) is 1. The lowest BCUT2D eigenvalue weighted by atomic mass is 10.2. The van der Waals surface area contributed by atoms with E-state index in [0.717, 1.165) is 0 Å². The van der Waals surface area contributed by atoms with Crippen molar-refractivity contribution >= 4 is 0 Å². The number of rotatable bonds is 4. The van der Waals surface area contributed by atoms with E-state index in [-0.39, 0.29) is 0 Å². The van der Waals surface area contributed by atoms with Gasteiger partial charge in [0.05, 0.1) is 6.04 Å². The predicted molar refractivity (Wildman–Crippen MR) is 32.5 cm³/mol. The Kier molecular flexibility index (Phi) is 4.53. The summed E-state index contributed by atoms with van der Waals surface area (Å²) in [5, 5.41) is 2.74. The molecule has 1 atom stereocenters. The highest BCUT2D eigenvalue weighted by Crippen LogP contribution is 2.00. The predicted octanol–water partition coefficient (Wildman–Crippen LogP) is 0.188. The van der Waals surface area contributed by atoms with E-state index in [1.165, 1.54) is 0 Å². The first-order valence-electron chi connectivity index (χ1n) is 2.86. The van der Waals surface area contributed by atoms with Crippen LogP contribution in [0, 0.1) is 0 Å². The van der Waals surface area contributed by atoms with Gasteiger partial charge in [-0.2, -0.15) is 0 Å². The smallest absolute Gasteiger partial charge is 0.253 e. The molecule has 0 bridgehead atoms. The third-order valence-corrected chi connectivity index (χ3v) is 1.05. The summed E-state index contributed by atoms with van der Waals surface area (Å²) in [6.07, 6.45) is -2.06. The standard InChI is InChI=1S/C5H12F2N2/c1-9-3-2-4(8)5(6)7/h4-5,9H,2-3,8H2,1H3. The molecule has 0 spiro atoms. The van der Waals surface area contributed by atoms with Gasteiger partial charge in [-0.15, -0.1) is 0 Å². The molecule has 0 heterocycles. The van der Waals surface area contributed by atoms with E-state index < -0.39 is 12.5 Å². The minimum atomic E-state index is -2.39. The molecule has 0 radical (unpaired) electrons. The fraction of sp³-hybridized carbons (Fsp3) is 1.00. The number of nitrogens with one attached hydrogen (secondary N) is 1. The maximum atomic E-state index is 11.6. The van der Waals surface area contributed by atoms with Crippen molar-refractivity contribution in [1.29, 1.82) is 0 Å². The molecule has 56 valence electrons. The highest BCUT2D eigenvalue weighted by atomic mass is 19.3. The number of hydrogen-bond donors (Lipinski definition) is 2. The van der Waals surface area contributed by atoms with Crippen LogP contribution in [0.3, 0.4) is 0 Å². The largest absolute Gasteiger partial charge is 0.323 e. The average molecular weight is 138 g/mol. The van der Waals surface area contributed by atoms with E-state index in [9.17, 15) is 8.78 Å². The average Bonchev–Trinajstić information content (AvgIpc) is 1.82. The van der Waals surface area contributed by atoms with Crippen LogP contribution in [-0.4, -0.2) is 26.1 Å². The summed E-state index contributed by atoms with van der Waals surface area (Å²) in [7, 11) is 1.71. The zero-order valence-electron chi connectivity index (χ0n) is 5.40. The molecule has 0 saturated carbocycles. The van der Waals surface area contributed by atoms with Crippen LogP contribution in [0.1, 0.15) is 6.42 Å². The van der Waals surface area contributed by atoms with Crippen LogP contribution in [0.15, 0.2) is 0 Å². The third kappa shape index (κ3) is 4.29. The highest BCUT2D eigenvalue weighted by molar-refractivity contribution is 4.63. The Morgan fingerprint density at radius 1 is 1.56 bits per heavy atom. The molecule has 0 fully saturated rings. The van der Waals surface area contributed by atoms with E-state index in [1.807, 2.05) is 0 Å². The third-order valence-electron chi connectivity index (χ3n) is 1.05. The topological polar surface area (TPSA) is 38.0 Å². The van der Waals surface area contributed by atoms with E-state index in [4.69, 9.17) is 5.73 Å². The minimum absolute atomic E-state index is 0.328. The van der Waals surface area contributed by atoms with Gasteiger partial charge in [0.1, 0.15) is 0 Å². The Hall–Kier alpha value is -0.220. The van der Waals surface area contributed by atoms with Gasteiger partial charge < -0.3 is 11.1 Å². The highest BCUT2D eigenvalue weighted by Gasteiger charge is 2.13. The molecule has 0 aliphatic carbocycles. The Bertz CT molecular complexity index is 68.0. The van der Waals surface area contributed by atoms with Crippen LogP contribution in [-0.2, 0) is 0 Å². The second-order valence-corrected chi connectivity index (χ2v) is 1.89. The van der Waals surface area contributed by atoms with Crippen molar-refractivity contribution in [2.75, 3.05) is 13.6 Å². The van der Waals surface area contributed by atoms with E-state index >= 15 is 0 Å². The number of halogens is 2. The Labute approximate surface area is 53.4 Å². The molecule has 0 aliphatic heterocycles. The SMILES string of the molecule is CNCCC(N)C(F)F. The van der Waals surface area contributed by atoms with E-state index in [1.54, 1.807) is 7.05 Å². The fourth-order valence-electron chi connectivity index (χ4n) is 0.437. The van der Waals surface area contributed by atoms with E-state index in [0.29, 0.717) is 13.0 Å². The quantitative estimate of drug-likeness (QED) is 0.582. The van der Waals surface area contributed by atoms with Crippen LogP contribution >= 0.6 is 0 Å². The molecular formula is C5H12F2N2. The molecule has 0 aliphatic rings. The molecule has 0 saturated heterocycles. The normalized spacial score (nSPS) is 14.3. The molecule has 3 N–H and O–H groups in total. The first-order chi connectivity index (χ1) is 4.18. The van der Waals surface area contributed by atoms with Crippen molar-refractivity contribution < 1.29 is 8.78 Å². The van der Waals surface area contributed by atoms with Crippen molar-refractivity contribution in [3.05, 3.63) is 0 Å². The van der Waals surface area contributed by atoms with Crippen LogP contribution in [0.2, 0.25) is 0 Å². The summed E-state index contributed by atoms with van der Waals surface area (Å²) < 4.78 is 23.2. The molecule has 1 unspecified atom stereocenters. The van der Waals surface area contributed by atoms with Crippen LogP contribution in [0.5, 0.6) is 0 Å². The fourth-order valence-corrected chi connectivity index (χ4v) is 0.437. The first-order valence-corrected chi connectivity index (χ1v) is 2.86. The maximum absolute atomic E-state index is 11.6. The Morgan fingerprint density at radius 3 is 2.44 bits per heavy atom. The van der Waals surface area contributed by atoms with Gasteiger partial charge in [-0.1, -0.05) is 0 Å². The second kappa shape index (κ2) is 4.64. The summed E-state index contributed by atoms with van der Waals surface area (Å²) in [6.45, 7) is 0.547. The van der Waals surface area contributed by atoms with Crippen LogP contribution in [0.25, 0.3) is 0 Å². The maximum Gasteiger partial charge on any atom is 0.253 e. The molecule has 4 heteroatoms. The molecule has 0 amide bonds. The molecular weight excluding hydrogens is 126 g/mol. The van der Waals surface area contributed by atoms with Crippen LogP contribution < -0.4 is 11.1 Å². The van der Waals surface area contributed by atoms with Crippen molar-refractivity contribution in [2.45, 2.75) is 18.9 Å². The molecule has 0 aromatic heterocycles. The van der Waals surface area contributed by atoms with Gasteiger partial charge >= 0.3 is 0 Å². The van der Waals surface area contributed by atoms with Crippen molar-refractivity contribution in [1.82, 2.24) is 5.32 Å². The summed E-state index contributed by atoms with van der Waals surface area (Å²) in [5.74, 6) is 0. The van der Waals surface area contributed by atoms with Gasteiger partial charge in [0.15, 0.2) is 0 Å². The molecule has 9 heavy (non-hydrogen) atoms. The number of hydrogen-bond acceptors (Lipinski definition) is 2. The lowest BCUT2D eigenvalue weighted by Crippen LogP contribution is -2.31. The zero-order chi connectivity index (χ0) is 7.28. The summed E-state index contributed by atoms with van der Waals surface area (Å²) >= 11 is 0. The lowest BCUT2D eigenvalue weighted by Gasteiger charge is -2.08. The molecule has 2 nitrogen and oxygen atoms in total. The van der Waals surface area contributed by atoms with Gasteiger partial charge in [0.2, 0.25) is 0 Å². The van der Waals surface area contributed by atoms with Crippen molar-refractivity contribution in [3.8, 4) is 0 Å². The molecule has 0 aromatic carbocycles. The summed E-state index contributed by atoms with van der Waals surface area (Å²) in [6, 6.07) is -0.975. The molecule has 0 rings (SSSR count). The van der Waals surface area contributed by atoms with Crippen molar-refractivity contribution in [2.24, 2.45) is 5.73 Å². The second-order valence-electron chi connectivity index (χ2n) is 1.89. The van der Waals surface area contributed by atoms with Gasteiger partial charge in [0, 0.05) is 0 Å². The Morgan fingerprint density at radius 2 is 2.11 bits per heavy atom.